The van der Waals surface area contributed by atoms with Gasteiger partial charge in [0.2, 0.25) is 0 Å². The molecule has 1 aromatic heterocycles. The van der Waals surface area contributed by atoms with Gasteiger partial charge in [0.1, 0.15) is 0 Å². The first-order valence-electron chi connectivity index (χ1n) is 6.69. The average molecular weight is 248 g/mol. The van der Waals surface area contributed by atoms with Crippen LogP contribution >= 0.6 is 0 Å². The van der Waals surface area contributed by atoms with Crippen molar-refractivity contribution in [3.8, 4) is 0 Å². The molecule has 100 valence electrons. The average Bonchev–Trinajstić information content (AvgIpc) is 2.37. The topological polar surface area (TPSA) is 31.4 Å². The molecule has 1 aliphatic rings. The van der Waals surface area contributed by atoms with Gasteiger partial charge in [-0.25, -0.2) is 0 Å². The Bertz CT molecular complexity index is 352. The minimum atomic E-state index is 0.465. The molecule has 1 N–H and O–H groups in total. The van der Waals surface area contributed by atoms with Crippen molar-refractivity contribution < 1.29 is 0 Å². The second-order valence-electron chi connectivity index (χ2n) is 5.41. The van der Waals surface area contributed by atoms with Crippen LogP contribution in [0.1, 0.15) is 18.5 Å². The van der Waals surface area contributed by atoms with Gasteiger partial charge in [-0.3, -0.25) is 9.88 Å². The van der Waals surface area contributed by atoms with Crippen LogP contribution < -0.4 is 5.32 Å². The molecular weight excluding hydrogens is 224 g/mol. The van der Waals surface area contributed by atoms with E-state index in [0.717, 1.165) is 26.2 Å². The molecule has 1 fully saturated rings. The van der Waals surface area contributed by atoms with Gasteiger partial charge in [0.05, 0.1) is 0 Å². The van der Waals surface area contributed by atoms with Crippen molar-refractivity contribution in [3.05, 3.63) is 30.1 Å². The van der Waals surface area contributed by atoms with E-state index in [4.69, 9.17) is 0 Å². The summed E-state index contributed by atoms with van der Waals surface area (Å²) in [6.45, 7) is 6.62. The second-order valence-corrected chi connectivity index (χ2v) is 5.41. The smallest absolute Gasteiger partial charge is 0.0477 e. The Morgan fingerprint density at radius 3 is 2.78 bits per heavy atom. The molecule has 0 radical (unpaired) electrons. The highest BCUT2D eigenvalue weighted by atomic mass is 15.2. The number of nitrogens with one attached hydrogen (secondary N) is 1. The van der Waals surface area contributed by atoms with E-state index in [1.165, 1.54) is 5.56 Å². The monoisotopic (exact) mass is 248 g/mol. The van der Waals surface area contributed by atoms with Crippen LogP contribution in [0.25, 0.3) is 0 Å². The molecular formula is C14H24N4. The molecule has 0 aliphatic carbocycles. The summed E-state index contributed by atoms with van der Waals surface area (Å²) in [5.41, 5.74) is 1.37. The third-order valence-electron chi connectivity index (χ3n) is 3.47. The molecule has 4 nitrogen and oxygen atoms in total. The number of piperazine rings is 1. The number of hydrogen-bond acceptors (Lipinski definition) is 4. The third kappa shape index (κ3) is 3.51. The molecule has 1 aliphatic heterocycles. The Morgan fingerprint density at radius 1 is 1.44 bits per heavy atom. The summed E-state index contributed by atoms with van der Waals surface area (Å²) in [6, 6.07) is 5.32. The van der Waals surface area contributed by atoms with Crippen molar-refractivity contribution in [3.63, 3.8) is 0 Å². The zero-order chi connectivity index (χ0) is 13.0. The molecule has 0 spiro atoms. The van der Waals surface area contributed by atoms with Crippen molar-refractivity contribution >= 4 is 0 Å². The number of nitrogens with zero attached hydrogens (tertiary/aromatic N) is 3. The van der Waals surface area contributed by atoms with Gasteiger partial charge in [-0.15, -0.1) is 0 Å². The largest absolute Gasteiger partial charge is 0.312 e. The second kappa shape index (κ2) is 6.27. The lowest BCUT2D eigenvalue weighted by Crippen LogP contribution is -2.51. The lowest BCUT2D eigenvalue weighted by Gasteiger charge is -2.39. The Kier molecular flexibility index (Phi) is 4.69. The predicted molar refractivity (Wildman–Crippen MR) is 74.6 cm³/mol. The van der Waals surface area contributed by atoms with Gasteiger partial charge in [-0.2, -0.15) is 0 Å². The fourth-order valence-corrected chi connectivity index (χ4v) is 2.61. The highest BCUT2D eigenvalue weighted by Crippen LogP contribution is 2.22. The molecule has 0 saturated carbocycles. The summed E-state index contributed by atoms with van der Waals surface area (Å²) >= 11 is 0. The molecule has 2 atom stereocenters. The van der Waals surface area contributed by atoms with E-state index in [9.17, 15) is 0 Å². The van der Waals surface area contributed by atoms with E-state index in [-0.39, 0.29) is 0 Å². The molecule has 18 heavy (non-hydrogen) atoms. The van der Waals surface area contributed by atoms with Gasteiger partial charge in [0.15, 0.2) is 0 Å². The standard InChI is InChI=1S/C14H24N4/c1-12-10-18(9-8-16-12)14(11-17(2)3)13-4-6-15-7-5-13/h4-7,12,14,16H,8-11H2,1-3H3. The molecule has 0 aromatic carbocycles. The van der Waals surface area contributed by atoms with E-state index in [0.29, 0.717) is 12.1 Å². The Morgan fingerprint density at radius 2 is 2.17 bits per heavy atom. The Hall–Kier alpha value is -0.970. The fraction of sp³-hybridized carbons (Fsp3) is 0.643. The molecule has 2 rings (SSSR count). The van der Waals surface area contributed by atoms with Gasteiger partial charge in [0.25, 0.3) is 0 Å². The first-order chi connectivity index (χ1) is 8.66. The van der Waals surface area contributed by atoms with Crippen LogP contribution in [-0.4, -0.2) is 61.1 Å². The molecule has 4 heteroatoms. The summed E-state index contributed by atoms with van der Waals surface area (Å²) in [5.74, 6) is 0. The van der Waals surface area contributed by atoms with Crippen molar-refractivity contribution in [2.75, 3.05) is 40.3 Å². The summed E-state index contributed by atoms with van der Waals surface area (Å²) < 4.78 is 0. The lowest BCUT2D eigenvalue weighted by atomic mass is 10.0. The van der Waals surface area contributed by atoms with Crippen LogP contribution in [0.4, 0.5) is 0 Å². The molecule has 2 heterocycles. The van der Waals surface area contributed by atoms with Crippen LogP contribution in [0.3, 0.4) is 0 Å². The van der Waals surface area contributed by atoms with E-state index in [2.05, 4.69) is 53.3 Å². The molecule has 0 amide bonds. The van der Waals surface area contributed by atoms with Crippen LogP contribution in [0, 0.1) is 0 Å². The summed E-state index contributed by atoms with van der Waals surface area (Å²) in [4.78, 5) is 8.96. The van der Waals surface area contributed by atoms with E-state index >= 15 is 0 Å². The highest BCUT2D eigenvalue weighted by molar-refractivity contribution is 5.16. The maximum Gasteiger partial charge on any atom is 0.0477 e. The zero-order valence-electron chi connectivity index (χ0n) is 11.6. The predicted octanol–water partition coefficient (Wildman–Crippen LogP) is 0.978. The first kappa shape index (κ1) is 13.5. The highest BCUT2D eigenvalue weighted by Gasteiger charge is 2.25. The first-order valence-corrected chi connectivity index (χ1v) is 6.69. The maximum atomic E-state index is 4.12. The summed E-state index contributed by atoms with van der Waals surface area (Å²) in [5, 5.41) is 3.50. The minimum absolute atomic E-state index is 0.465. The van der Waals surface area contributed by atoms with E-state index in [1.54, 1.807) is 0 Å². The number of likely N-dealkylation sites (N-methyl/N-ethyl adjacent to an activating group) is 1. The quantitative estimate of drug-likeness (QED) is 0.860. The van der Waals surface area contributed by atoms with Crippen LogP contribution in [-0.2, 0) is 0 Å². The number of pyridine rings is 1. The summed E-state index contributed by atoms with van der Waals surface area (Å²) in [7, 11) is 4.28. The SMILES string of the molecule is CC1CN(C(CN(C)C)c2ccncc2)CCN1. The van der Waals surface area contributed by atoms with Crippen molar-refractivity contribution in [1.82, 2.24) is 20.1 Å². The van der Waals surface area contributed by atoms with Gasteiger partial charge in [-0.05, 0) is 38.7 Å². The Labute approximate surface area is 110 Å². The lowest BCUT2D eigenvalue weighted by molar-refractivity contribution is 0.125. The maximum absolute atomic E-state index is 4.12. The Balaban J connectivity index is 2.14. The molecule has 1 saturated heterocycles. The normalized spacial score (nSPS) is 23.2. The van der Waals surface area contributed by atoms with Crippen molar-refractivity contribution in [2.24, 2.45) is 0 Å². The molecule has 1 aromatic rings. The van der Waals surface area contributed by atoms with E-state index < -0.39 is 0 Å². The molecule has 2 unspecified atom stereocenters. The van der Waals surface area contributed by atoms with Gasteiger partial charge < -0.3 is 10.2 Å². The van der Waals surface area contributed by atoms with Crippen molar-refractivity contribution in [1.29, 1.82) is 0 Å². The minimum Gasteiger partial charge on any atom is -0.312 e. The third-order valence-corrected chi connectivity index (χ3v) is 3.47. The van der Waals surface area contributed by atoms with Crippen molar-refractivity contribution in [2.45, 2.75) is 19.0 Å². The fourth-order valence-electron chi connectivity index (χ4n) is 2.61. The number of rotatable bonds is 4. The van der Waals surface area contributed by atoms with Crippen LogP contribution in [0.15, 0.2) is 24.5 Å². The number of aromatic nitrogens is 1. The van der Waals surface area contributed by atoms with Crippen LogP contribution in [0.2, 0.25) is 0 Å². The van der Waals surface area contributed by atoms with E-state index in [1.807, 2.05) is 12.4 Å². The number of hydrogen-bond donors (Lipinski definition) is 1. The van der Waals surface area contributed by atoms with Gasteiger partial charge in [-0.1, -0.05) is 0 Å². The van der Waals surface area contributed by atoms with Gasteiger partial charge >= 0.3 is 0 Å². The van der Waals surface area contributed by atoms with Gasteiger partial charge in [0, 0.05) is 50.7 Å². The summed E-state index contributed by atoms with van der Waals surface area (Å²) in [6.07, 6.45) is 3.78. The zero-order valence-corrected chi connectivity index (χ0v) is 11.6. The molecule has 0 bridgehead atoms. The van der Waals surface area contributed by atoms with Crippen LogP contribution in [0.5, 0.6) is 0 Å².